The molecule has 0 saturated carbocycles. The van der Waals surface area contributed by atoms with E-state index in [4.69, 9.17) is 21.3 Å². The van der Waals surface area contributed by atoms with Gasteiger partial charge < -0.3 is 19.5 Å². The first kappa shape index (κ1) is 30.1. The molecule has 11 nitrogen and oxygen atoms in total. The predicted octanol–water partition coefficient (Wildman–Crippen LogP) is 3.94. The van der Waals surface area contributed by atoms with E-state index in [0.29, 0.717) is 40.0 Å². The number of aliphatic hydroxyl groups is 1. The molecule has 4 aromatic rings. The van der Waals surface area contributed by atoms with Crippen LogP contribution in [0.25, 0.3) is 4.96 Å². The fourth-order valence-electron chi connectivity index (χ4n) is 5.95. The van der Waals surface area contributed by atoms with Crippen LogP contribution in [0.1, 0.15) is 64.6 Å². The number of piperidine rings is 1. The van der Waals surface area contributed by atoms with Crippen molar-refractivity contribution in [2.75, 3.05) is 26.2 Å². The minimum Gasteiger partial charge on any atom is -0.477 e. The summed E-state index contributed by atoms with van der Waals surface area (Å²) < 4.78 is 23.8. The molecule has 2 aliphatic rings. The summed E-state index contributed by atoms with van der Waals surface area (Å²) in [7, 11) is 0. The molecule has 3 unspecified atom stereocenters. The second kappa shape index (κ2) is 13.0. The molecule has 0 aliphatic carbocycles. The molecule has 2 aliphatic heterocycles. The van der Waals surface area contributed by atoms with Crippen LogP contribution in [0.2, 0.25) is 5.02 Å². The minimum atomic E-state index is -1.02. The number of thiazole rings is 1. The van der Waals surface area contributed by atoms with Crippen LogP contribution in [0.5, 0.6) is 0 Å². The SMILES string of the molecule is CCn1cncc1C(O)c1c(CN2CCN(C3CCCC(OCc4ccc(Cl)cc4F)N3)CC2)nc2sc(C(=O)O)cn12. The molecule has 2 saturated heterocycles. The number of benzene rings is 1. The van der Waals surface area contributed by atoms with E-state index in [-0.39, 0.29) is 29.7 Å². The van der Waals surface area contributed by atoms with Crippen LogP contribution in [0.15, 0.2) is 36.9 Å². The first-order valence-corrected chi connectivity index (χ1v) is 15.7. The van der Waals surface area contributed by atoms with Gasteiger partial charge in [-0.15, -0.1) is 0 Å². The third kappa shape index (κ3) is 6.48. The van der Waals surface area contributed by atoms with Crippen molar-refractivity contribution < 1.29 is 24.1 Å². The average molecular weight is 632 g/mol. The molecule has 5 heterocycles. The van der Waals surface area contributed by atoms with Gasteiger partial charge in [0.15, 0.2) is 4.96 Å². The standard InChI is InChI=1S/C29H35ClFN7O4S/c1-2-36-17-32-13-22(36)27(39)26-21(33-29-38(26)15-23(43-29)28(40)41)14-35-8-10-37(11-9-35)24-4-3-5-25(34-24)42-16-18-6-7-19(30)12-20(18)31/h6-7,12-13,15,17,24-25,27,34,39H,2-5,8-11,14,16H2,1H3,(H,40,41). The van der Waals surface area contributed by atoms with Crippen LogP contribution >= 0.6 is 22.9 Å². The lowest BCUT2D eigenvalue weighted by molar-refractivity contribution is -0.0458. The Morgan fingerprint density at radius 2 is 2.09 bits per heavy atom. The Morgan fingerprint density at radius 3 is 2.84 bits per heavy atom. The van der Waals surface area contributed by atoms with E-state index < -0.39 is 12.1 Å². The number of piperazine rings is 1. The molecule has 0 radical (unpaired) electrons. The molecule has 0 bridgehead atoms. The topological polar surface area (TPSA) is 120 Å². The Kier molecular flexibility index (Phi) is 9.10. The predicted molar refractivity (Wildman–Crippen MR) is 160 cm³/mol. The number of hydrogen-bond donors (Lipinski definition) is 3. The molecule has 43 heavy (non-hydrogen) atoms. The summed E-state index contributed by atoms with van der Waals surface area (Å²) in [5.74, 6) is -1.38. The van der Waals surface area contributed by atoms with Crippen LogP contribution in [0.3, 0.4) is 0 Å². The highest BCUT2D eigenvalue weighted by molar-refractivity contribution is 7.18. The van der Waals surface area contributed by atoms with Crippen LogP contribution in [0, 0.1) is 5.82 Å². The Morgan fingerprint density at radius 1 is 1.28 bits per heavy atom. The van der Waals surface area contributed by atoms with E-state index in [2.05, 4.69) is 20.1 Å². The van der Waals surface area contributed by atoms with Gasteiger partial charge in [0.1, 0.15) is 23.0 Å². The van der Waals surface area contributed by atoms with Crippen molar-refractivity contribution in [3.63, 3.8) is 0 Å². The minimum absolute atomic E-state index is 0.151. The van der Waals surface area contributed by atoms with E-state index in [1.165, 1.54) is 12.3 Å². The van der Waals surface area contributed by atoms with Gasteiger partial charge in [0, 0.05) is 56.1 Å². The molecule has 14 heteroatoms. The van der Waals surface area contributed by atoms with Gasteiger partial charge in [-0.25, -0.2) is 19.2 Å². The molecule has 0 spiro atoms. The summed E-state index contributed by atoms with van der Waals surface area (Å²) >= 11 is 6.96. The highest BCUT2D eigenvalue weighted by atomic mass is 35.5. The molecule has 230 valence electrons. The van der Waals surface area contributed by atoms with Gasteiger partial charge in [0.25, 0.3) is 0 Å². The van der Waals surface area contributed by atoms with Gasteiger partial charge in [-0.3, -0.25) is 19.5 Å². The maximum absolute atomic E-state index is 14.2. The van der Waals surface area contributed by atoms with Crippen molar-refractivity contribution in [2.24, 2.45) is 0 Å². The maximum atomic E-state index is 14.2. The lowest BCUT2D eigenvalue weighted by atomic mass is 10.1. The number of nitrogens with one attached hydrogen (secondary N) is 1. The Balaban J connectivity index is 1.10. The number of fused-ring (bicyclic) bond motifs is 1. The van der Waals surface area contributed by atoms with Crippen molar-refractivity contribution in [1.29, 1.82) is 0 Å². The Hall–Kier alpha value is -2.91. The van der Waals surface area contributed by atoms with Gasteiger partial charge in [-0.2, -0.15) is 0 Å². The second-order valence-electron chi connectivity index (χ2n) is 11.0. The molecular formula is C29H35ClFN7O4S. The quantitative estimate of drug-likeness (QED) is 0.239. The summed E-state index contributed by atoms with van der Waals surface area (Å²) in [6.45, 7) is 6.67. The molecule has 1 aromatic carbocycles. The van der Waals surface area contributed by atoms with Crippen molar-refractivity contribution in [2.45, 2.75) is 64.4 Å². The number of carboxylic acid groups (broad SMARTS) is 1. The highest BCUT2D eigenvalue weighted by Gasteiger charge is 2.31. The second-order valence-corrected chi connectivity index (χ2v) is 12.4. The van der Waals surface area contributed by atoms with Gasteiger partial charge >= 0.3 is 5.97 Å². The number of aliphatic hydroxyl groups excluding tert-OH is 1. The largest absolute Gasteiger partial charge is 0.477 e. The zero-order chi connectivity index (χ0) is 30.1. The van der Waals surface area contributed by atoms with Gasteiger partial charge in [0.2, 0.25) is 0 Å². The number of aromatic nitrogens is 4. The number of ether oxygens (including phenoxy) is 1. The molecule has 3 aromatic heterocycles. The summed E-state index contributed by atoms with van der Waals surface area (Å²) in [5.41, 5.74) is 2.43. The van der Waals surface area contributed by atoms with Crippen molar-refractivity contribution in [3.8, 4) is 0 Å². The fourth-order valence-corrected chi connectivity index (χ4v) is 6.95. The smallest absolute Gasteiger partial charge is 0.347 e. The Labute approximate surface area is 257 Å². The number of hydrogen-bond acceptors (Lipinski definition) is 9. The fraction of sp³-hybridized carbons (Fsp3) is 0.483. The van der Waals surface area contributed by atoms with Gasteiger partial charge in [0.05, 0.1) is 42.4 Å². The maximum Gasteiger partial charge on any atom is 0.347 e. The highest BCUT2D eigenvalue weighted by Crippen LogP contribution is 2.31. The van der Waals surface area contributed by atoms with Crippen molar-refractivity contribution in [1.82, 2.24) is 34.1 Å². The van der Waals surface area contributed by atoms with Crippen LogP contribution < -0.4 is 5.32 Å². The summed E-state index contributed by atoms with van der Waals surface area (Å²) in [6.07, 6.45) is 6.78. The Bertz CT molecular complexity index is 1580. The van der Waals surface area contributed by atoms with Gasteiger partial charge in [-0.1, -0.05) is 29.0 Å². The third-order valence-electron chi connectivity index (χ3n) is 8.27. The third-order valence-corrected chi connectivity index (χ3v) is 9.48. The molecular weight excluding hydrogens is 597 g/mol. The normalized spacial score (nSPS) is 21.0. The van der Waals surface area contributed by atoms with E-state index in [9.17, 15) is 19.4 Å². The number of nitrogens with zero attached hydrogens (tertiary/aromatic N) is 6. The van der Waals surface area contributed by atoms with E-state index in [1.807, 2.05) is 11.5 Å². The number of halogens is 2. The van der Waals surface area contributed by atoms with Gasteiger partial charge in [-0.05, 0) is 38.3 Å². The molecule has 3 atom stereocenters. The van der Waals surface area contributed by atoms with Crippen molar-refractivity contribution in [3.05, 3.63) is 75.3 Å². The number of aromatic carboxylic acids is 1. The molecule has 3 N–H and O–H groups in total. The first-order valence-electron chi connectivity index (χ1n) is 14.5. The monoisotopic (exact) mass is 631 g/mol. The van der Waals surface area contributed by atoms with E-state index in [1.54, 1.807) is 29.1 Å². The van der Waals surface area contributed by atoms with E-state index in [0.717, 1.165) is 62.5 Å². The lowest BCUT2D eigenvalue weighted by Gasteiger charge is -2.42. The number of rotatable bonds is 10. The number of aryl methyl sites for hydroxylation is 1. The first-order chi connectivity index (χ1) is 20.8. The number of carbonyl (C=O) groups is 1. The van der Waals surface area contributed by atoms with Crippen LogP contribution in [-0.2, 0) is 24.4 Å². The van der Waals surface area contributed by atoms with Crippen LogP contribution in [-0.4, -0.2) is 83.5 Å². The van der Waals surface area contributed by atoms with Crippen molar-refractivity contribution >= 4 is 33.9 Å². The summed E-state index contributed by atoms with van der Waals surface area (Å²) in [5, 5.41) is 25.0. The summed E-state index contributed by atoms with van der Waals surface area (Å²) in [6, 6.07) is 4.64. The molecule has 6 rings (SSSR count). The zero-order valence-corrected chi connectivity index (χ0v) is 25.4. The molecule has 0 amide bonds. The molecule has 2 fully saturated rings. The van der Waals surface area contributed by atoms with E-state index >= 15 is 0 Å². The zero-order valence-electron chi connectivity index (χ0n) is 23.8. The number of carboxylic acids is 1. The average Bonchev–Trinajstić information content (AvgIpc) is 3.72. The lowest BCUT2D eigenvalue weighted by Crippen LogP contribution is -2.58. The summed E-state index contributed by atoms with van der Waals surface area (Å²) in [4.78, 5) is 26.1. The number of imidazole rings is 2. The van der Waals surface area contributed by atoms with Crippen LogP contribution in [0.4, 0.5) is 4.39 Å².